The van der Waals surface area contributed by atoms with E-state index in [0.29, 0.717) is 11.5 Å². The standard InChI is InChI=1S/C13H19N3OS/c1-4-15-13(17)9(3)16-11-7-8(2)5-6-10(11)12(14)18/h5-7,9,16H,4H2,1-3H3,(H2,14,18)(H,15,17). The van der Waals surface area contributed by atoms with Gasteiger partial charge < -0.3 is 16.4 Å². The molecule has 98 valence electrons. The Morgan fingerprint density at radius 2 is 2.17 bits per heavy atom. The van der Waals surface area contributed by atoms with Crippen molar-refractivity contribution < 1.29 is 4.79 Å². The van der Waals surface area contributed by atoms with E-state index in [-0.39, 0.29) is 11.9 Å². The number of carbonyl (C=O) groups excluding carboxylic acids is 1. The Balaban J connectivity index is 2.92. The molecule has 0 saturated heterocycles. The molecular formula is C13H19N3OS. The number of nitrogens with two attached hydrogens (primary N) is 1. The number of amides is 1. The molecule has 0 heterocycles. The number of carbonyl (C=O) groups is 1. The van der Waals surface area contributed by atoms with Gasteiger partial charge in [-0.15, -0.1) is 0 Å². The SMILES string of the molecule is CCNC(=O)C(C)Nc1cc(C)ccc1C(N)=S. The van der Waals surface area contributed by atoms with E-state index in [0.717, 1.165) is 16.8 Å². The summed E-state index contributed by atoms with van der Waals surface area (Å²) in [6, 6.07) is 5.41. The largest absolute Gasteiger partial charge is 0.389 e. The van der Waals surface area contributed by atoms with Crippen LogP contribution in [-0.4, -0.2) is 23.5 Å². The highest BCUT2D eigenvalue weighted by Crippen LogP contribution is 2.18. The summed E-state index contributed by atoms with van der Waals surface area (Å²) in [5.41, 5.74) is 8.30. The Hall–Kier alpha value is -1.62. The molecule has 0 aromatic heterocycles. The van der Waals surface area contributed by atoms with E-state index in [9.17, 15) is 4.79 Å². The number of rotatable bonds is 5. The number of benzene rings is 1. The first-order valence-corrected chi connectivity index (χ1v) is 6.31. The maximum atomic E-state index is 11.7. The highest BCUT2D eigenvalue weighted by Gasteiger charge is 2.14. The van der Waals surface area contributed by atoms with E-state index < -0.39 is 0 Å². The molecule has 0 saturated carbocycles. The van der Waals surface area contributed by atoms with Crippen molar-refractivity contribution in [3.05, 3.63) is 29.3 Å². The minimum atomic E-state index is -0.333. The zero-order valence-corrected chi connectivity index (χ0v) is 11.7. The Kier molecular flexibility index (Phi) is 5.09. The third kappa shape index (κ3) is 3.70. The topological polar surface area (TPSA) is 67.2 Å². The van der Waals surface area contributed by atoms with Gasteiger partial charge in [-0.1, -0.05) is 18.3 Å². The summed E-state index contributed by atoms with van der Waals surface area (Å²) in [7, 11) is 0. The zero-order chi connectivity index (χ0) is 13.7. The van der Waals surface area contributed by atoms with Gasteiger partial charge in [0.15, 0.2) is 0 Å². The van der Waals surface area contributed by atoms with Gasteiger partial charge >= 0.3 is 0 Å². The van der Waals surface area contributed by atoms with Crippen LogP contribution in [0.3, 0.4) is 0 Å². The number of aryl methyl sites for hydroxylation is 1. The molecule has 0 aliphatic rings. The van der Waals surface area contributed by atoms with E-state index >= 15 is 0 Å². The number of nitrogens with one attached hydrogen (secondary N) is 2. The summed E-state index contributed by atoms with van der Waals surface area (Å²) in [6.45, 7) is 6.28. The lowest BCUT2D eigenvalue weighted by atomic mass is 10.1. The normalized spacial score (nSPS) is 11.7. The minimum Gasteiger partial charge on any atom is -0.389 e. The third-order valence-electron chi connectivity index (χ3n) is 2.56. The quantitative estimate of drug-likeness (QED) is 0.707. The van der Waals surface area contributed by atoms with Crippen molar-refractivity contribution in [3.63, 3.8) is 0 Å². The second kappa shape index (κ2) is 6.35. The molecule has 1 aromatic rings. The van der Waals surface area contributed by atoms with Crippen molar-refractivity contribution in [3.8, 4) is 0 Å². The summed E-state index contributed by atoms with van der Waals surface area (Å²) in [5, 5.41) is 5.90. The smallest absolute Gasteiger partial charge is 0.242 e. The van der Waals surface area contributed by atoms with Crippen LogP contribution in [0, 0.1) is 6.92 Å². The van der Waals surface area contributed by atoms with Crippen LogP contribution in [0.5, 0.6) is 0 Å². The van der Waals surface area contributed by atoms with Gasteiger partial charge in [0, 0.05) is 17.8 Å². The van der Waals surface area contributed by atoms with E-state index in [2.05, 4.69) is 10.6 Å². The predicted molar refractivity (Wildman–Crippen MR) is 78.8 cm³/mol. The fourth-order valence-corrected chi connectivity index (χ4v) is 1.80. The van der Waals surface area contributed by atoms with Crippen molar-refractivity contribution in [2.75, 3.05) is 11.9 Å². The Bertz CT molecular complexity index is 460. The van der Waals surface area contributed by atoms with Crippen molar-refractivity contribution in [1.29, 1.82) is 0 Å². The van der Waals surface area contributed by atoms with E-state index in [1.54, 1.807) is 6.92 Å². The number of thiocarbonyl (C=S) groups is 1. The molecule has 0 bridgehead atoms. The van der Waals surface area contributed by atoms with Crippen molar-refractivity contribution >= 4 is 28.8 Å². The molecule has 0 spiro atoms. The highest BCUT2D eigenvalue weighted by molar-refractivity contribution is 7.80. The number of anilines is 1. The fraction of sp³-hybridized carbons (Fsp3) is 0.385. The highest BCUT2D eigenvalue weighted by atomic mass is 32.1. The molecule has 0 aliphatic carbocycles. The molecule has 0 fully saturated rings. The van der Waals surface area contributed by atoms with E-state index in [1.807, 2.05) is 32.0 Å². The van der Waals surface area contributed by atoms with Gasteiger partial charge in [0.05, 0.1) is 0 Å². The van der Waals surface area contributed by atoms with Crippen LogP contribution >= 0.6 is 12.2 Å². The van der Waals surface area contributed by atoms with Crippen molar-refractivity contribution in [1.82, 2.24) is 5.32 Å². The molecule has 1 rings (SSSR count). The van der Waals surface area contributed by atoms with Crippen molar-refractivity contribution in [2.24, 2.45) is 5.73 Å². The van der Waals surface area contributed by atoms with Crippen molar-refractivity contribution in [2.45, 2.75) is 26.8 Å². The van der Waals surface area contributed by atoms with Crippen LogP contribution in [0.15, 0.2) is 18.2 Å². The summed E-state index contributed by atoms with van der Waals surface area (Å²) >= 11 is 5.00. The first-order chi connectivity index (χ1) is 8.45. The first-order valence-electron chi connectivity index (χ1n) is 5.90. The van der Waals surface area contributed by atoms with Crippen LogP contribution in [0.2, 0.25) is 0 Å². The van der Waals surface area contributed by atoms with Gasteiger partial charge in [0.2, 0.25) is 5.91 Å². The molecule has 1 unspecified atom stereocenters. The monoisotopic (exact) mass is 265 g/mol. The van der Waals surface area contributed by atoms with Crippen LogP contribution < -0.4 is 16.4 Å². The lowest BCUT2D eigenvalue weighted by molar-refractivity contribution is -0.121. The molecule has 4 N–H and O–H groups in total. The molecule has 18 heavy (non-hydrogen) atoms. The van der Waals surface area contributed by atoms with Gasteiger partial charge in [0.1, 0.15) is 11.0 Å². The van der Waals surface area contributed by atoms with Crippen LogP contribution in [-0.2, 0) is 4.79 Å². The maximum absolute atomic E-state index is 11.7. The second-order valence-electron chi connectivity index (χ2n) is 4.17. The third-order valence-corrected chi connectivity index (χ3v) is 2.78. The summed E-state index contributed by atoms with van der Waals surface area (Å²) in [5.74, 6) is -0.0482. The molecule has 1 atom stereocenters. The first kappa shape index (κ1) is 14.4. The molecule has 5 heteroatoms. The van der Waals surface area contributed by atoms with E-state index in [1.165, 1.54) is 0 Å². The van der Waals surface area contributed by atoms with Gasteiger partial charge in [-0.2, -0.15) is 0 Å². The number of hydrogen-bond acceptors (Lipinski definition) is 3. The molecular weight excluding hydrogens is 246 g/mol. The molecule has 0 radical (unpaired) electrons. The average molecular weight is 265 g/mol. The Labute approximate surface area is 113 Å². The zero-order valence-electron chi connectivity index (χ0n) is 10.9. The van der Waals surface area contributed by atoms with Gasteiger partial charge in [-0.3, -0.25) is 4.79 Å². The molecule has 1 amide bonds. The Morgan fingerprint density at radius 1 is 1.50 bits per heavy atom. The predicted octanol–water partition coefficient (Wildman–Crippen LogP) is 1.57. The second-order valence-corrected chi connectivity index (χ2v) is 4.61. The van der Waals surface area contributed by atoms with Crippen LogP contribution in [0.1, 0.15) is 25.0 Å². The summed E-state index contributed by atoms with van der Waals surface area (Å²) in [6.07, 6.45) is 0. The Morgan fingerprint density at radius 3 is 2.72 bits per heavy atom. The number of hydrogen-bond donors (Lipinski definition) is 3. The lowest BCUT2D eigenvalue weighted by Gasteiger charge is -2.17. The van der Waals surface area contributed by atoms with Gasteiger partial charge in [0.25, 0.3) is 0 Å². The van der Waals surface area contributed by atoms with Crippen LogP contribution in [0.25, 0.3) is 0 Å². The fourth-order valence-electron chi connectivity index (χ4n) is 1.62. The molecule has 0 aliphatic heterocycles. The summed E-state index contributed by atoms with van der Waals surface area (Å²) < 4.78 is 0. The van der Waals surface area contributed by atoms with Gasteiger partial charge in [-0.05, 0) is 38.5 Å². The van der Waals surface area contributed by atoms with Gasteiger partial charge in [-0.25, -0.2) is 0 Å². The summed E-state index contributed by atoms with van der Waals surface area (Å²) in [4.78, 5) is 12.0. The van der Waals surface area contributed by atoms with E-state index in [4.69, 9.17) is 18.0 Å². The van der Waals surface area contributed by atoms with Crippen LogP contribution in [0.4, 0.5) is 5.69 Å². The molecule has 4 nitrogen and oxygen atoms in total. The lowest BCUT2D eigenvalue weighted by Crippen LogP contribution is -2.37. The minimum absolute atomic E-state index is 0.0482. The molecule has 1 aromatic carbocycles. The maximum Gasteiger partial charge on any atom is 0.242 e. The number of likely N-dealkylation sites (N-methyl/N-ethyl adjacent to an activating group) is 1. The average Bonchev–Trinajstić information content (AvgIpc) is 2.28.